The summed E-state index contributed by atoms with van der Waals surface area (Å²) in [7, 11) is 0. The van der Waals surface area contributed by atoms with Gasteiger partial charge in [-0.2, -0.15) is 0 Å². The number of aliphatic hydroxyl groups excluding tert-OH is 3. The minimum Gasteiger partial charge on any atom is -0.481 e. The van der Waals surface area contributed by atoms with Crippen LogP contribution < -0.4 is 0 Å². The summed E-state index contributed by atoms with van der Waals surface area (Å²) in [5.41, 5.74) is 1.21. The molecule has 0 saturated heterocycles. The first kappa shape index (κ1) is 23.0. The van der Waals surface area contributed by atoms with E-state index in [0.29, 0.717) is 24.2 Å². The van der Waals surface area contributed by atoms with Crippen molar-refractivity contribution in [1.29, 1.82) is 0 Å². The van der Waals surface area contributed by atoms with E-state index in [4.69, 9.17) is 5.11 Å². The van der Waals surface area contributed by atoms with Gasteiger partial charge >= 0.3 is 5.97 Å². The monoisotopic (exact) mass is 401 g/mol. The van der Waals surface area contributed by atoms with Gasteiger partial charge in [0, 0.05) is 11.8 Å². The van der Waals surface area contributed by atoms with Crippen LogP contribution in [0.3, 0.4) is 0 Å². The molecule has 0 fully saturated rings. The Labute approximate surface area is 171 Å². The number of aliphatic carboxylic acids is 1. The molecule has 0 aliphatic rings. The molecular weight excluding hydrogens is 370 g/mol. The number of carboxylic acid groups (broad SMARTS) is 1. The van der Waals surface area contributed by atoms with E-state index in [2.05, 4.69) is 11.9 Å². The number of hydrogen-bond acceptors (Lipinski definition) is 5. The molecule has 0 aliphatic carbocycles. The minimum atomic E-state index is -1.12. The standard InChI is InChI=1S/C23H31NO5/c1-2-3-4-10-21(27)23-18-9-6-5-8-16(18)15-17(24-23)13-14-20(26)19(25)11-7-12-22(28)29/h5-6,8-9,13-15,19-21,25-27H,2-4,7,10-12H2,1H3,(H,28,29)/t19?,20?,21-/m0/s1. The third-order valence-corrected chi connectivity index (χ3v) is 4.94. The summed E-state index contributed by atoms with van der Waals surface area (Å²) < 4.78 is 0. The van der Waals surface area contributed by atoms with Gasteiger partial charge < -0.3 is 20.4 Å². The van der Waals surface area contributed by atoms with Crippen molar-refractivity contribution in [2.24, 2.45) is 0 Å². The Morgan fingerprint density at radius 2 is 1.86 bits per heavy atom. The molecule has 4 N–H and O–H groups in total. The summed E-state index contributed by atoms with van der Waals surface area (Å²) in [6.45, 7) is 2.12. The van der Waals surface area contributed by atoms with Crippen molar-refractivity contribution in [1.82, 2.24) is 4.98 Å². The lowest BCUT2D eigenvalue weighted by atomic mass is 10.0. The van der Waals surface area contributed by atoms with Crippen molar-refractivity contribution < 1.29 is 25.2 Å². The van der Waals surface area contributed by atoms with Crippen molar-refractivity contribution in [3.63, 3.8) is 0 Å². The minimum absolute atomic E-state index is 0.0427. The van der Waals surface area contributed by atoms with Gasteiger partial charge in [-0.15, -0.1) is 0 Å². The molecule has 6 nitrogen and oxygen atoms in total. The third-order valence-electron chi connectivity index (χ3n) is 4.94. The largest absolute Gasteiger partial charge is 0.481 e. The van der Waals surface area contributed by atoms with Crippen LogP contribution in [-0.4, -0.2) is 43.6 Å². The van der Waals surface area contributed by atoms with Crippen LogP contribution in [0.5, 0.6) is 0 Å². The number of pyridine rings is 1. The molecule has 0 spiro atoms. The van der Waals surface area contributed by atoms with E-state index in [9.17, 15) is 20.1 Å². The van der Waals surface area contributed by atoms with Crippen molar-refractivity contribution in [3.8, 4) is 0 Å². The molecule has 2 aromatic rings. The molecule has 158 valence electrons. The first-order chi connectivity index (χ1) is 13.9. The number of nitrogens with zero attached hydrogens (tertiary/aromatic N) is 1. The van der Waals surface area contributed by atoms with Gasteiger partial charge in [-0.25, -0.2) is 0 Å². The summed E-state index contributed by atoms with van der Waals surface area (Å²) in [5.74, 6) is -0.924. The third kappa shape index (κ3) is 7.24. The van der Waals surface area contributed by atoms with Crippen LogP contribution in [0, 0.1) is 0 Å². The van der Waals surface area contributed by atoms with E-state index in [1.54, 1.807) is 6.08 Å². The first-order valence-corrected chi connectivity index (χ1v) is 10.3. The Morgan fingerprint density at radius 3 is 2.59 bits per heavy atom. The lowest BCUT2D eigenvalue weighted by molar-refractivity contribution is -0.137. The second-order valence-corrected chi connectivity index (χ2v) is 7.37. The second kappa shape index (κ2) is 11.7. The maximum Gasteiger partial charge on any atom is 0.303 e. The van der Waals surface area contributed by atoms with Crippen LogP contribution in [-0.2, 0) is 4.79 Å². The highest BCUT2D eigenvalue weighted by atomic mass is 16.4. The van der Waals surface area contributed by atoms with Crippen molar-refractivity contribution in [3.05, 3.63) is 47.8 Å². The number of aliphatic hydroxyl groups is 3. The highest BCUT2D eigenvalue weighted by Gasteiger charge is 2.16. The Bertz CT molecular complexity index is 820. The van der Waals surface area contributed by atoms with Gasteiger partial charge in [0.2, 0.25) is 0 Å². The number of carbonyl (C=O) groups is 1. The lowest BCUT2D eigenvalue weighted by Crippen LogP contribution is -2.23. The van der Waals surface area contributed by atoms with Crippen LogP contribution in [0.15, 0.2) is 36.4 Å². The van der Waals surface area contributed by atoms with Crippen LogP contribution in [0.25, 0.3) is 16.8 Å². The zero-order chi connectivity index (χ0) is 21.2. The van der Waals surface area contributed by atoms with Crippen LogP contribution in [0.1, 0.15) is 69.4 Å². The summed E-state index contributed by atoms with van der Waals surface area (Å²) in [4.78, 5) is 15.1. The van der Waals surface area contributed by atoms with Gasteiger partial charge in [-0.05, 0) is 36.8 Å². The van der Waals surface area contributed by atoms with E-state index in [-0.39, 0.29) is 12.8 Å². The van der Waals surface area contributed by atoms with Crippen LogP contribution >= 0.6 is 0 Å². The zero-order valence-corrected chi connectivity index (χ0v) is 16.9. The van der Waals surface area contributed by atoms with E-state index in [1.165, 1.54) is 6.08 Å². The molecule has 1 aromatic carbocycles. The van der Waals surface area contributed by atoms with Crippen molar-refractivity contribution in [2.75, 3.05) is 0 Å². The number of aromatic nitrogens is 1. The summed E-state index contributed by atoms with van der Waals surface area (Å²) >= 11 is 0. The van der Waals surface area contributed by atoms with Gasteiger partial charge in [0.15, 0.2) is 0 Å². The Kier molecular flexibility index (Phi) is 9.25. The molecule has 0 radical (unpaired) electrons. The number of fused-ring (bicyclic) bond motifs is 1. The number of carboxylic acids is 1. The first-order valence-electron chi connectivity index (χ1n) is 10.3. The Morgan fingerprint density at radius 1 is 1.10 bits per heavy atom. The van der Waals surface area contributed by atoms with Crippen LogP contribution in [0.4, 0.5) is 0 Å². The fraction of sp³-hybridized carbons (Fsp3) is 0.478. The van der Waals surface area contributed by atoms with Gasteiger partial charge in [-0.3, -0.25) is 9.78 Å². The SMILES string of the molecule is CCCCC[C@H](O)c1nc(C=CC(O)C(O)CCCC(=O)O)cc2ccccc12. The maximum absolute atomic E-state index is 10.7. The topological polar surface area (TPSA) is 111 Å². The molecule has 3 atom stereocenters. The smallest absolute Gasteiger partial charge is 0.303 e. The number of unbranched alkanes of at least 4 members (excludes halogenated alkanes) is 2. The summed E-state index contributed by atoms with van der Waals surface area (Å²) in [5, 5.41) is 41.3. The van der Waals surface area contributed by atoms with Crippen LogP contribution in [0.2, 0.25) is 0 Å². The molecule has 0 bridgehead atoms. The van der Waals surface area contributed by atoms with E-state index >= 15 is 0 Å². The van der Waals surface area contributed by atoms with Gasteiger partial charge in [0.25, 0.3) is 0 Å². The summed E-state index contributed by atoms with van der Waals surface area (Å²) in [6, 6.07) is 9.60. The lowest BCUT2D eigenvalue weighted by Gasteiger charge is -2.15. The maximum atomic E-state index is 10.7. The Hall–Kier alpha value is -2.28. The molecule has 0 aliphatic heterocycles. The highest BCUT2D eigenvalue weighted by molar-refractivity contribution is 5.86. The Balaban J connectivity index is 2.15. The average Bonchev–Trinajstić information content (AvgIpc) is 2.71. The predicted octanol–water partition coefficient (Wildman–Crippen LogP) is 3.84. The molecule has 2 rings (SSSR count). The highest BCUT2D eigenvalue weighted by Crippen LogP contribution is 2.27. The number of rotatable bonds is 12. The molecule has 6 heteroatoms. The fourth-order valence-electron chi connectivity index (χ4n) is 3.27. The van der Waals surface area contributed by atoms with E-state index < -0.39 is 24.3 Å². The van der Waals surface area contributed by atoms with Crippen molar-refractivity contribution in [2.45, 2.75) is 70.2 Å². The number of hydrogen-bond donors (Lipinski definition) is 4. The molecule has 29 heavy (non-hydrogen) atoms. The molecule has 2 unspecified atom stereocenters. The van der Waals surface area contributed by atoms with Gasteiger partial charge in [0.1, 0.15) is 0 Å². The van der Waals surface area contributed by atoms with E-state index in [0.717, 1.165) is 30.0 Å². The van der Waals surface area contributed by atoms with Gasteiger partial charge in [0.05, 0.1) is 29.7 Å². The quantitative estimate of drug-likeness (QED) is 0.402. The normalized spacial score (nSPS) is 14.9. The molecule has 0 saturated carbocycles. The molecule has 1 heterocycles. The van der Waals surface area contributed by atoms with Crippen molar-refractivity contribution >= 4 is 22.8 Å². The zero-order valence-electron chi connectivity index (χ0n) is 16.9. The fourth-order valence-corrected chi connectivity index (χ4v) is 3.27. The molecule has 1 aromatic heterocycles. The van der Waals surface area contributed by atoms with Gasteiger partial charge in [-0.1, -0.05) is 56.5 Å². The summed E-state index contributed by atoms with van der Waals surface area (Å²) in [6.07, 6.45) is 4.42. The molecular formula is C23H31NO5. The second-order valence-electron chi connectivity index (χ2n) is 7.37. The van der Waals surface area contributed by atoms with E-state index in [1.807, 2.05) is 30.3 Å². The molecule has 0 amide bonds. The predicted molar refractivity (Wildman–Crippen MR) is 113 cm³/mol. The number of benzene rings is 1. The average molecular weight is 402 g/mol.